The number of phenolic OH excluding ortho intramolecular Hbond substituents is 1. The largest absolute Gasteiger partial charge is 0.508 e. The van der Waals surface area contributed by atoms with Crippen LogP contribution in [0.5, 0.6) is 5.75 Å². The Bertz CT molecular complexity index is 338. The second kappa shape index (κ2) is 3.67. The quantitative estimate of drug-likeness (QED) is 0.773. The van der Waals surface area contributed by atoms with E-state index in [1.807, 2.05) is 0 Å². The number of hydrogen-bond donors (Lipinski definition) is 2. The van der Waals surface area contributed by atoms with Gasteiger partial charge in [0.25, 0.3) is 0 Å². The van der Waals surface area contributed by atoms with E-state index >= 15 is 0 Å². The third kappa shape index (κ3) is 2.30. The molecule has 1 rings (SSSR count). The maximum Gasteiger partial charge on any atom is 0.418 e. The highest BCUT2D eigenvalue weighted by Gasteiger charge is 2.40. The molecule has 0 bridgehead atoms. The second-order valence-corrected chi connectivity index (χ2v) is 3.06. The fourth-order valence-corrected chi connectivity index (χ4v) is 1.19. The van der Waals surface area contributed by atoms with Crippen molar-refractivity contribution in [2.45, 2.75) is 12.3 Å². The zero-order valence-corrected chi connectivity index (χ0v) is 7.47. The minimum absolute atomic E-state index is 0.256. The highest BCUT2D eigenvalue weighted by atomic mass is 35.5. The Balaban J connectivity index is 3.08. The molecule has 78 valence electrons. The van der Waals surface area contributed by atoms with Gasteiger partial charge in [-0.3, -0.25) is 0 Å². The fourth-order valence-electron chi connectivity index (χ4n) is 0.914. The van der Waals surface area contributed by atoms with E-state index in [-0.39, 0.29) is 10.8 Å². The normalized spacial score (nSPS) is 14.1. The lowest BCUT2D eigenvalue weighted by Gasteiger charge is -2.15. The summed E-state index contributed by atoms with van der Waals surface area (Å²) in [6.07, 6.45) is -7.39. The number of aliphatic hydroxyl groups excluding tert-OH is 1. The van der Waals surface area contributed by atoms with Crippen molar-refractivity contribution in [2.24, 2.45) is 0 Å². The van der Waals surface area contributed by atoms with E-state index in [9.17, 15) is 13.2 Å². The maximum absolute atomic E-state index is 12.0. The second-order valence-electron chi connectivity index (χ2n) is 2.65. The van der Waals surface area contributed by atoms with E-state index < -0.39 is 17.8 Å². The summed E-state index contributed by atoms with van der Waals surface area (Å²) in [6, 6.07) is 2.89. The van der Waals surface area contributed by atoms with Gasteiger partial charge in [0, 0.05) is 5.56 Å². The van der Waals surface area contributed by atoms with Gasteiger partial charge in [-0.15, -0.1) is 0 Å². The molecule has 0 aliphatic heterocycles. The minimum Gasteiger partial charge on any atom is -0.508 e. The van der Waals surface area contributed by atoms with Crippen molar-refractivity contribution in [3.63, 3.8) is 0 Å². The topological polar surface area (TPSA) is 40.5 Å². The van der Waals surface area contributed by atoms with Gasteiger partial charge < -0.3 is 10.2 Å². The van der Waals surface area contributed by atoms with Crippen LogP contribution in [0.3, 0.4) is 0 Å². The van der Waals surface area contributed by atoms with E-state index in [0.29, 0.717) is 0 Å². The third-order valence-electron chi connectivity index (χ3n) is 1.59. The first-order chi connectivity index (χ1) is 6.32. The SMILES string of the molecule is Oc1ccc(C(O)C(F)(F)F)c(Cl)c1. The molecule has 1 unspecified atom stereocenters. The van der Waals surface area contributed by atoms with Crippen LogP contribution in [0.25, 0.3) is 0 Å². The van der Waals surface area contributed by atoms with Gasteiger partial charge in [-0.25, -0.2) is 0 Å². The van der Waals surface area contributed by atoms with Crippen molar-refractivity contribution in [3.05, 3.63) is 28.8 Å². The van der Waals surface area contributed by atoms with Gasteiger partial charge in [-0.05, 0) is 12.1 Å². The molecule has 14 heavy (non-hydrogen) atoms. The zero-order valence-electron chi connectivity index (χ0n) is 6.72. The van der Waals surface area contributed by atoms with Gasteiger partial charge in [0.15, 0.2) is 6.10 Å². The standard InChI is InChI=1S/C8H6ClF3O2/c9-6-3-4(13)1-2-5(6)7(14)8(10,11)12/h1-3,7,13-14H. The molecule has 1 aromatic rings. The van der Waals surface area contributed by atoms with E-state index in [1.54, 1.807) is 0 Å². The Morgan fingerprint density at radius 2 is 1.86 bits per heavy atom. The summed E-state index contributed by atoms with van der Waals surface area (Å²) in [5, 5.41) is 17.4. The molecule has 0 amide bonds. The lowest BCUT2D eigenvalue weighted by Crippen LogP contribution is -2.20. The summed E-state index contributed by atoms with van der Waals surface area (Å²) < 4.78 is 36.1. The number of alkyl halides is 3. The Hall–Kier alpha value is -0.940. The molecule has 6 heteroatoms. The van der Waals surface area contributed by atoms with Crippen LogP contribution in [0, 0.1) is 0 Å². The van der Waals surface area contributed by atoms with Crippen LogP contribution in [0.4, 0.5) is 13.2 Å². The average Bonchev–Trinajstić information content (AvgIpc) is 2.01. The molecule has 1 atom stereocenters. The summed E-state index contributed by atoms with van der Waals surface area (Å²) in [7, 11) is 0. The van der Waals surface area contributed by atoms with Gasteiger partial charge in [-0.2, -0.15) is 13.2 Å². The predicted octanol–water partition coefficient (Wildman–Crippen LogP) is 2.64. The van der Waals surface area contributed by atoms with Crippen LogP contribution in [0.1, 0.15) is 11.7 Å². The van der Waals surface area contributed by atoms with E-state index in [1.165, 1.54) is 0 Å². The molecule has 0 spiro atoms. The van der Waals surface area contributed by atoms with Crippen molar-refractivity contribution in [3.8, 4) is 5.75 Å². The Kier molecular flexibility index (Phi) is 2.92. The lowest BCUT2D eigenvalue weighted by atomic mass is 10.1. The van der Waals surface area contributed by atoms with Crippen molar-refractivity contribution < 1.29 is 23.4 Å². The molecule has 0 fully saturated rings. The van der Waals surface area contributed by atoms with Crippen molar-refractivity contribution in [1.29, 1.82) is 0 Å². The smallest absolute Gasteiger partial charge is 0.418 e. The molecular weight excluding hydrogens is 221 g/mol. The fraction of sp³-hybridized carbons (Fsp3) is 0.250. The van der Waals surface area contributed by atoms with Gasteiger partial charge in [-0.1, -0.05) is 17.7 Å². The van der Waals surface area contributed by atoms with Gasteiger partial charge >= 0.3 is 6.18 Å². The number of rotatable bonds is 1. The number of benzene rings is 1. The molecule has 0 aromatic heterocycles. The van der Waals surface area contributed by atoms with Crippen LogP contribution in [-0.2, 0) is 0 Å². The van der Waals surface area contributed by atoms with E-state index in [4.69, 9.17) is 21.8 Å². The molecule has 0 radical (unpaired) electrons. The average molecular weight is 227 g/mol. The molecular formula is C8H6ClF3O2. The molecule has 0 aliphatic carbocycles. The molecule has 2 N–H and O–H groups in total. The molecule has 1 aromatic carbocycles. The lowest BCUT2D eigenvalue weighted by molar-refractivity contribution is -0.206. The zero-order chi connectivity index (χ0) is 10.9. The predicted molar refractivity (Wildman–Crippen MR) is 44.1 cm³/mol. The molecule has 0 heterocycles. The Labute approximate surface area is 82.5 Å². The van der Waals surface area contributed by atoms with Crippen LogP contribution in [0.15, 0.2) is 18.2 Å². The van der Waals surface area contributed by atoms with E-state index in [0.717, 1.165) is 18.2 Å². The number of hydrogen-bond acceptors (Lipinski definition) is 2. The first kappa shape index (κ1) is 11.1. The monoisotopic (exact) mass is 226 g/mol. The Morgan fingerprint density at radius 3 is 2.29 bits per heavy atom. The summed E-state index contributed by atoms with van der Waals surface area (Å²) in [6.45, 7) is 0. The number of aromatic hydroxyl groups is 1. The summed E-state index contributed by atoms with van der Waals surface area (Å²) >= 11 is 5.41. The maximum atomic E-state index is 12.0. The summed E-state index contributed by atoms with van der Waals surface area (Å²) in [5.41, 5.74) is -0.475. The van der Waals surface area contributed by atoms with Crippen LogP contribution >= 0.6 is 11.6 Å². The number of halogens is 4. The van der Waals surface area contributed by atoms with E-state index in [2.05, 4.69) is 0 Å². The molecule has 2 nitrogen and oxygen atoms in total. The van der Waals surface area contributed by atoms with Crippen LogP contribution in [0.2, 0.25) is 5.02 Å². The van der Waals surface area contributed by atoms with Crippen molar-refractivity contribution in [2.75, 3.05) is 0 Å². The van der Waals surface area contributed by atoms with Gasteiger partial charge in [0.2, 0.25) is 0 Å². The summed E-state index contributed by atoms with van der Waals surface area (Å²) in [5.74, 6) is -0.256. The highest BCUT2D eigenvalue weighted by molar-refractivity contribution is 6.31. The Morgan fingerprint density at radius 1 is 1.29 bits per heavy atom. The third-order valence-corrected chi connectivity index (χ3v) is 1.92. The minimum atomic E-state index is -4.76. The molecule has 0 saturated carbocycles. The number of aliphatic hydroxyl groups is 1. The van der Waals surface area contributed by atoms with Crippen molar-refractivity contribution in [1.82, 2.24) is 0 Å². The molecule has 0 aliphatic rings. The van der Waals surface area contributed by atoms with Crippen LogP contribution < -0.4 is 0 Å². The highest BCUT2D eigenvalue weighted by Crippen LogP contribution is 2.36. The number of phenols is 1. The molecule has 0 saturated heterocycles. The van der Waals surface area contributed by atoms with Gasteiger partial charge in [0.05, 0.1) is 5.02 Å². The van der Waals surface area contributed by atoms with Gasteiger partial charge in [0.1, 0.15) is 5.75 Å². The first-order valence-electron chi connectivity index (χ1n) is 3.55. The van der Waals surface area contributed by atoms with Crippen molar-refractivity contribution >= 4 is 11.6 Å². The van der Waals surface area contributed by atoms with Crippen LogP contribution in [-0.4, -0.2) is 16.4 Å². The first-order valence-corrected chi connectivity index (χ1v) is 3.93. The summed E-state index contributed by atoms with van der Waals surface area (Å²) in [4.78, 5) is 0.